The normalized spacial score (nSPS) is 15.0. The molecule has 0 saturated carbocycles. The van der Waals surface area contributed by atoms with Crippen molar-refractivity contribution in [1.29, 1.82) is 0 Å². The van der Waals surface area contributed by atoms with E-state index in [2.05, 4.69) is 41.5 Å². The van der Waals surface area contributed by atoms with Crippen molar-refractivity contribution in [3.05, 3.63) is 29.8 Å². The molecule has 0 radical (unpaired) electrons. The topological polar surface area (TPSA) is 44.4 Å². The van der Waals surface area contributed by atoms with Gasteiger partial charge in [0.25, 0.3) is 0 Å². The molecule has 1 saturated heterocycles. The second-order valence-corrected chi connectivity index (χ2v) is 5.78. The van der Waals surface area contributed by atoms with Crippen molar-refractivity contribution < 1.29 is 4.79 Å². The smallest absolute Gasteiger partial charge is 0.238 e. The fraction of sp³-hybridized carbons (Fsp3) is 0.588. The van der Waals surface area contributed by atoms with E-state index in [4.69, 9.17) is 0 Å². The zero-order valence-electron chi connectivity index (χ0n) is 13.2. The summed E-state index contributed by atoms with van der Waals surface area (Å²) in [5.74, 6) is 0.0820. The number of aryl methyl sites for hydroxylation is 1. The van der Waals surface area contributed by atoms with E-state index in [9.17, 15) is 4.79 Å². The molecule has 4 heteroatoms. The van der Waals surface area contributed by atoms with Gasteiger partial charge in [0.15, 0.2) is 0 Å². The Morgan fingerprint density at radius 3 is 2.48 bits per heavy atom. The van der Waals surface area contributed by atoms with Crippen LogP contribution >= 0.6 is 0 Å². The summed E-state index contributed by atoms with van der Waals surface area (Å²) in [7, 11) is 0. The number of nitrogens with zero attached hydrogens (tertiary/aromatic N) is 1. The minimum absolute atomic E-state index is 0.0820. The molecular formula is C17H27N3O. The van der Waals surface area contributed by atoms with E-state index in [0.717, 1.165) is 44.6 Å². The van der Waals surface area contributed by atoms with Gasteiger partial charge in [-0.3, -0.25) is 9.69 Å². The fourth-order valence-corrected chi connectivity index (χ4v) is 2.64. The largest absolute Gasteiger partial charge is 0.325 e. The number of nitrogens with one attached hydrogen (secondary N) is 2. The lowest BCUT2D eigenvalue weighted by atomic mass is 10.1. The standard InChI is InChI=1S/C17H27N3O/c1-3-5-14-6-8-15(9-7-14)19-17(21)13-20(10-4-2)16-11-18-12-16/h6-9,16,18H,3-5,10-13H2,1-2H3,(H,19,21). The highest BCUT2D eigenvalue weighted by Crippen LogP contribution is 2.12. The molecule has 1 aromatic rings. The van der Waals surface area contributed by atoms with E-state index in [1.807, 2.05) is 12.1 Å². The molecule has 0 aliphatic carbocycles. The number of hydrogen-bond acceptors (Lipinski definition) is 3. The highest BCUT2D eigenvalue weighted by molar-refractivity contribution is 5.92. The average molecular weight is 289 g/mol. The Balaban J connectivity index is 1.84. The second kappa shape index (κ2) is 8.15. The minimum atomic E-state index is 0.0820. The third-order valence-corrected chi connectivity index (χ3v) is 3.91. The van der Waals surface area contributed by atoms with Gasteiger partial charge in [0.2, 0.25) is 5.91 Å². The summed E-state index contributed by atoms with van der Waals surface area (Å²) in [4.78, 5) is 14.5. The Kier molecular flexibility index (Phi) is 6.21. The van der Waals surface area contributed by atoms with Gasteiger partial charge in [0.1, 0.15) is 0 Å². The monoisotopic (exact) mass is 289 g/mol. The molecule has 1 aliphatic heterocycles. The van der Waals surface area contributed by atoms with Crippen molar-refractivity contribution in [2.75, 3.05) is 31.5 Å². The van der Waals surface area contributed by atoms with E-state index in [1.165, 1.54) is 5.56 Å². The van der Waals surface area contributed by atoms with E-state index in [0.29, 0.717) is 12.6 Å². The summed E-state index contributed by atoms with van der Waals surface area (Å²) in [6, 6.07) is 8.70. The maximum Gasteiger partial charge on any atom is 0.238 e. The van der Waals surface area contributed by atoms with E-state index >= 15 is 0 Å². The van der Waals surface area contributed by atoms with Crippen LogP contribution in [0.15, 0.2) is 24.3 Å². The maximum atomic E-state index is 12.2. The number of hydrogen-bond donors (Lipinski definition) is 2. The summed E-state index contributed by atoms with van der Waals surface area (Å²) < 4.78 is 0. The van der Waals surface area contributed by atoms with Crippen LogP contribution in [0.3, 0.4) is 0 Å². The van der Waals surface area contributed by atoms with Crippen molar-refractivity contribution in [2.24, 2.45) is 0 Å². The molecule has 1 heterocycles. The van der Waals surface area contributed by atoms with Crippen LogP contribution < -0.4 is 10.6 Å². The molecule has 0 bridgehead atoms. The molecular weight excluding hydrogens is 262 g/mol. The zero-order valence-corrected chi connectivity index (χ0v) is 13.2. The van der Waals surface area contributed by atoms with Crippen LogP contribution in [0.5, 0.6) is 0 Å². The Bertz CT molecular complexity index is 440. The lowest BCUT2D eigenvalue weighted by Crippen LogP contribution is -2.58. The Morgan fingerprint density at radius 1 is 1.24 bits per heavy atom. The van der Waals surface area contributed by atoms with Gasteiger partial charge in [0.05, 0.1) is 6.54 Å². The van der Waals surface area contributed by atoms with Gasteiger partial charge in [-0.05, 0) is 37.1 Å². The molecule has 1 aromatic carbocycles. The molecule has 1 amide bonds. The van der Waals surface area contributed by atoms with Crippen LogP contribution in [0.1, 0.15) is 32.3 Å². The minimum Gasteiger partial charge on any atom is -0.325 e. The molecule has 0 atom stereocenters. The van der Waals surface area contributed by atoms with Crippen LogP contribution in [0, 0.1) is 0 Å². The Labute approximate surface area is 127 Å². The first kappa shape index (κ1) is 16.0. The first-order valence-electron chi connectivity index (χ1n) is 8.06. The average Bonchev–Trinajstić information content (AvgIpc) is 2.39. The lowest BCUT2D eigenvalue weighted by molar-refractivity contribution is -0.118. The molecule has 0 aromatic heterocycles. The highest BCUT2D eigenvalue weighted by Gasteiger charge is 2.25. The van der Waals surface area contributed by atoms with Crippen LogP contribution in [-0.2, 0) is 11.2 Å². The van der Waals surface area contributed by atoms with Crippen LogP contribution in [0.25, 0.3) is 0 Å². The van der Waals surface area contributed by atoms with Crippen molar-refractivity contribution in [3.8, 4) is 0 Å². The number of amides is 1. The predicted molar refractivity (Wildman–Crippen MR) is 87.6 cm³/mol. The van der Waals surface area contributed by atoms with E-state index < -0.39 is 0 Å². The molecule has 0 unspecified atom stereocenters. The molecule has 1 fully saturated rings. The van der Waals surface area contributed by atoms with Crippen molar-refractivity contribution >= 4 is 11.6 Å². The van der Waals surface area contributed by atoms with Crippen LogP contribution in [0.4, 0.5) is 5.69 Å². The zero-order chi connectivity index (χ0) is 15.1. The number of carbonyl (C=O) groups is 1. The molecule has 2 N–H and O–H groups in total. The lowest BCUT2D eigenvalue weighted by Gasteiger charge is -2.37. The van der Waals surface area contributed by atoms with Gasteiger partial charge in [-0.1, -0.05) is 32.4 Å². The maximum absolute atomic E-state index is 12.2. The summed E-state index contributed by atoms with van der Waals surface area (Å²) in [6.07, 6.45) is 3.32. The Morgan fingerprint density at radius 2 is 1.95 bits per heavy atom. The number of carbonyl (C=O) groups excluding carboxylic acids is 1. The van der Waals surface area contributed by atoms with Gasteiger partial charge in [-0.2, -0.15) is 0 Å². The van der Waals surface area contributed by atoms with Crippen molar-refractivity contribution in [2.45, 2.75) is 39.2 Å². The number of benzene rings is 1. The predicted octanol–water partition coefficient (Wildman–Crippen LogP) is 2.26. The Hall–Kier alpha value is -1.39. The van der Waals surface area contributed by atoms with Crippen LogP contribution in [0.2, 0.25) is 0 Å². The SMILES string of the molecule is CCCc1ccc(NC(=O)CN(CCC)C2CNC2)cc1. The van der Waals surface area contributed by atoms with Gasteiger partial charge in [-0.25, -0.2) is 0 Å². The molecule has 1 aliphatic rings. The molecule has 21 heavy (non-hydrogen) atoms. The molecule has 0 spiro atoms. The number of anilines is 1. The van der Waals surface area contributed by atoms with E-state index in [-0.39, 0.29) is 5.91 Å². The number of rotatable bonds is 8. The third kappa shape index (κ3) is 4.83. The summed E-state index contributed by atoms with van der Waals surface area (Å²) in [6.45, 7) is 7.79. The van der Waals surface area contributed by atoms with Crippen LogP contribution in [-0.4, -0.2) is 43.0 Å². The van der Waals surface area contributed by atoms with Gasteiger partial charge in [-0.15, -0.1) is 0 Å². The fourth-order valence-electron chi connectivity index (χ4n) is 2.64. The van der Waals surface area contributed by atoms with Crippen molar-refractivity contribution in [1.82, 2.24) is 10.2 Å². The van der Waals surface area contributed by atoms with Gasteiger partial charge in [0, 0.05) is 24.8 Å². The van der Waals surface area contributed by atoms with E-state index in [1.54, 1.807) is 0 Å². The summed E-state index contributed by atoms with van der Waals surface area (Å²) in [5, 5.41) is 6.27. The quantitative estimate of drug-likeness (QED) is 0.771. The van der Waals surface area contributed by atoms with Gasteiger partial charge >= 0.3 is 0 Å². The third-order valence-electron chi connectivity index (χ3n) is 3.91. The first-order valence-corrected chi connectivity index (χ1v) is 8.06. The molecule has 4 nitrogen and oxygen atoms in total. The first-order chi connectivity index (χ1) is 10.2. The highest BCUT2D eigenvalue weighted by atomic mass is 16.2. The molecule has 116 valence electrons. The van der Waals surface area contributed by atoms with Gasteiger partial charge < -0.3 is 10.6 Å². The van der Waals surface area contributed by atoms with Crippen molar-refractivity contribution in [3.63, 3.8) is 0 Å². The summed E-state index contributed by atoms with van der Waals surface area (Å²) >= 11 is 0. The summed E-state index contributed by atoms with van der Waals surface area (Å²) in [5.41, 5.74) is 2.21. The second-order valence-electron chi connectivity index (χ2n) is 5.78. The molecule has 2 rings (SSSR count).